The summed E-state index contributed by atoms with van der Waals surface area (Å²) in [6.07, 6.45) is 9.18. The van der Waals surface area contributed by atoms with Crippen LogP contribution in [0.1, 0.15) is 71.6 Å². The van der Waals surface area contributed by atoms with Gasteiger partial charge in [-0.2, -0.15) is 0 Å². The predicted molar refractivity (Wildman–Crippen MR) is 99.3 cm³/mol. The van der Waals surface area contributed by atoms with Gasteiger partial charge in [0, 0.05) is 6.61 Å². The van der Waals surface area contributed by atoms with Crippen molar-refractivity contribution in [1.82, 2.24) is 0 Å². The third-order valence-electron chi connectivity index (χ3n) is 9.60. The summed E-state index contributed by atoms with van der Waals surface area (Å²) in [6.45, 7) is 4.72. The average molecular weight is 365 g/mol. The van der Waals surface area contributed by atoms with Gasteiger partial charge < -0.3 is 14.9 Å². The van der Waals surface area contributed by atoms with Gasteiger partial charge in [0.2, 0.25) is 0 Å². The molecule has 5 fully saturated rings. The number of esters is 1. The van der Waals surface area contributed by atoms with Gasteiger partial charge in [-0.1, -0.05) is 13.3 Å². The first-order valence-corrected chi connectivity index (χ1v) is 10.7. The lowest BCUT2D eigenvalue weighted by molar-refractivity contribution is -0.246. The fourth-order valence-electron chi connectivity index (χ4n) is 8.50. The lowest BCUT2D eigenvalue weighted by atomic mass is 9.35. The fourth-order valence-corrected chi connectivity index (χ4v) is 8.50. The molecule has 26 heavy (non-hydrogen) atoms. The maximum atomic E-state index is 12.7. The maximum absolute atomic E-state index is 12.7. The van der Waals surface area contributed by atoms with Crippen LogP contribution in [0.5, 0.6) is 0 Å². The minimum absolute atomic E-state index is 0.00814. The van der Waals surface area contributed by atoms with E-state index in [4.69, 9.17) is 4.74 Å². The highest BCUT2D eigenvalue weighted by molar-refractivity contribution is 5.77. The van der Waals surface area contributed by atoms with E-state index in [1.807, 2.05) is 0 Å². The zero-order chi connectivity index (χ0) is 18.7. The SMILES string of the molecule is COC(=O)[C@]1(C)CCC[C@@]2(C)[C@@H]3C[C@@H]4CC[C@@]3(CC[C@@H]21)[C@H](O)[C@H]4CCO. The second-order valence-corrected chi connectivity index (χ2v) is 10.3. The first kappa shape index (κ1) is 18.7. The summed E-state index contributed by atoms with van der Waals surface area (Å²) in [4.78, 5) is 12.7. The second kappa shape index (κ2) is 6.20. The van der Waals surface area contributed by atoms with Crippen LogP contribution in [0.3, 0.4) is 0 Å². The zero-order valence-electron chi connectivity index (χ0n) is 16.7. The van der Waals surface area contributed by atoms with Crippen LogP contribution in [0.2, 0.25) is 0 Å². The molecular formula is C22H36O4. The molecule has 0 unspecified atom stereocenters. The second-order valence-electron chi connectivity index (χ2n) is 10.3. The predicted octanol–water partition coefficient (Wildman–Crippen LogP) is 3.54. The molecule has 2 N–H and O–H groups in total. The number of aliphatic hydroxyl groups is 2. The first-order chi connectivity index (χ1) is 12.3. The molecule has 148 valence electrons. The molecule has 0 aromatic rings. The standard InChI is InChI=1S/C22H36O4/c1-20-8-4-9-21(2,19(25)26-3)16(20)6-11-22-10-5-14(13-17(20)22)15(7-12-23)18(22)24/h14-18,23-24H,4-13H2,1-3H3/t14-,15-,16-,17-,18+,20+,21+,22-/m0/s1. The summed E-state index contributed by atoms with van der Waals surface area (Å²) in [5, 5.41) is 20.9. The summed E-state index contributed by atoms with van der Waals surface area (Å²) in [7, 11) is 1.52. The topological polar surface area (TPSA) is 66.8 Å². The lowest BCUT2D eigenvalue weighted by Crippen LogP contribution is -2.66. The molecule has 8 atom stereocenters. The molecule has 4 nitrogen and oxygen atoms in total. The molecule has 5 saturated carbocycles. The lowest BCUT2D eigenvalue weighted by Gasteiger charge is -2.70. The van der Waals surface area contributed by atoms with Gasteiger partial charge in [0.25, 0.3) is 0 Å². The number of ether oxygens (including phenoxy) is 1. The van der Waals surface area contributed by atoms with Crippen LogP contribution in [0.25, 0.3) is 0 Å². The van der Waals surface area contributed by atoms with E-state index in [9.17, 15) is 15.0 Å². The minimum Gasteiger partial charge on any atom is -0.469 e. The first-order valence-electron chi connectivity index (χ1n) is 10.7. The molecule has 4 heteroatoms. The highest BCUT2D eigenvalue weighted by Gasteiger charge is 2.68. The zero-order valence-corrected chi connectivity index (χ0v) is 16.7. The maximum Gasteiger partial charge on any atom is 0.311 e. The molecule has 0 heterocycles. The quantitative estimate of drug-likeness (QED) is 0.752. The van der Waals surface area contributed by atoms with Crippen LogP contribution in [-0.4, -0.2) is 36.0 Å². The average Bonchev–Trinajstić information content (AvgIpc) is 2.63. The Bertz CT molecular complexity index is 576. The van der Waals surface area contributed by atoms with E-state index in [1.165, 1.54) is 26.4 Å². The summed E-state index contributed by atoms with van der Waals surface area (Å²) in [6, 6.07) is 0. The summed E-state index contributed by atoms with van der Waals surface area (Å²) in [5.41, 5.74) is -0.257. The minimum atomic E-state index is -0.379. The third-order valence-corrected chi connectivity index (χ3v) is 9.60. The highest BCUT2D eigenvalue weighted by Crippen LogP contribution is 2.72. The summed E-state index contributed by atoms with van der Waals surface area (Å²) >= 11 is 0. The number of carbonyl (C=O) groups is 1. The number of fused-ring (bicyclic) bond motifs is 3. The Morgan fingerprint density at radius 3 is 2.54 bits per heavy atom. The van der Waals surface area contributed by atoms with Crippen molar-refractivity contribution in [1.29, 1.82) is 0 Å². The number of methoxy groups -OCH3 is 1. The monoisotopic (exact) mass is 364 g/mol. The highest BCUT2D eigenvalue weighted by atomic mass is 16.5. The van der Waals surface area contributed by atoms with Gasteiger partial charge in [0.15, 0.2) is 0 Å². The smallest absolute Gasteiger partial charge is 0.311 e. The molecule has 0 aliphatic heterocycles. The number of hydrogen-bond acceptors (Lipinski definition) is 4. The van der Waals surface area contributed by atoms with Crippen LogP contribution >= 0.6 is 0 Å². The Kier molecular flexibility index (Phi) is 4.47. The normalized spacial score (nSPS) is 52.9. The number of carbonyl (C=O) groups excluding carboxylic acids is 1. The molecule has 2 bridgehead atoms. The van der Waals surface area contributed by atoms with Crippen LogP contribution in [-0.2, 0) is 9.53 Å². The Morgan fingerprint density at radius 2 is 1.85 bits per heavy atom. The Balaban J connectivity index is 1.71. The summed E-state index contributed by atoms with van der Waals surface area (Å²) < 4.78 is 5.24. The van der Waals surface area contributed by atoms with Gasteiger partial charge in [-0.15, -0.1) is 0 Å². The van der Waals surface area contributed by atoms with Crippen molar-refractivity contribution in [3.05, 3.63) is 0 Å². The Morgan fingerprint density at radius 1 is 1.12 bits per heavy atom. The molecule has 0 radical (unpaired) electrons. The fraction of sp³-hybridized carbons (Fsp3) is 0.955. The van der Waals surface area contributed by atoms with E-state index in [-0.39, 0.29) is 40.8 Å². The van der Waals surface area contributed by atoms with Crippen molar-refractivity contribution in [2.45, 2.75) is 77.7 Å². The van der Waals surface area contributed by atoms with Crippen molar-refractivity contribution in [2.75, 3.05) is 13.7 Å². The van der Waals surface area contributed by atoms with Crippen LogP contribution in [0, 0.1) is 39.9 Å². The van der Waals surface area contributed by atoms with Gasteiger partial charge >= 0.3 is 5.97 Å². The van der Waals surface area contributed by atoms with Crippen LogP contribution in [0.4, 0.5) is 0 Å². The molecule has 5 aliphatic rings. The van der Waals surface area contributed by atoms with Crippen LogP contribution < -0.4 is 0 Å². The van der Waals surface area contributed by atoms with Gasteiger partial charge in [-0.05, 0) is 92.8 Å². The Hall–Kier alpha value is -0.610. The molecule has 0 aromatic carbocycles. The van der Waals surface area contributed by atoms with Crippen LogP contribution in [0.15, 0.2) is 0 Å². The van der Waals surface area contributed by atoms with E-state index in [0.717, 1.165) is 38.5 Å². The van der Waals surface area contributed by atoms with Crippen molar-refractivity contribution in [2.24, 2.45) is 39.9 Å². The molecule has 5 aliphatic carbocycles. The van der Waals surface area contributed by atoms with Crippen molar-refractivity contribution in [3.8, 4) is 0 Å². The molecule has 0 aromatic heterocycles. The van der Waals surface area contributed by atoms with Gasteiger partial charge in [0.1, 0.15) is 0 Å². The number of rotatable bonds is 3. The molecular weight excluding hydrogens is 328 g/mol. The van der Waals surface area contributed by atoms with Gasteiger partial charge in [-0.25, -0.2) is 0 Å². The Labute approximate surface area is 157 Å². The van der Waals surface area contributed by atoms with Gasteiger partial charge in [0.05, 0.1) is 18.6 Å². The van der Waals surface area contributed by atoms with E-state index < -0.39 is 0 Å². The molecule has 5 rings (SSSR count). The summed E-state index contributed by atoms with van der Waals surface area (Å²) in [5.74, 6) is 1.62. The van der Waals surface area contributed by atoms with E-state index in [1.54, 1.807) is 0 Å². The van der Waals surface area contributed by atoms with Gasteiger partial charge in [-0.3, -0.25) is 4.79 Å². The molecule has 0 saturated heterocycles. The van der Waals surface area contributed by atoms with Crippen molar-refractivity contribution in [3.63, 3.8) is 0 Å². The van der Waals surface area contributed by atoms with E-state index in [2.05, 4.69) is 13.8 Å². The molecule has 0 amide bonds. The number of hydrogen-bond donors (Lipinski definition) is 2. The van der Waals surface area contributed by atoms with E-state index >= 15 is 0 Å². The third kappa shape index (κ3) is 2.24. The van der Waals surface area contributed by atoms with Crippen molar-refractivity contribution < 1.29 is 19.7 Å². The van der Waals surface area contributed by atoms with Crippen molar-refractivity contribution >= 4 is 5.97 Å². The largest absolute Gasteiger partial charge is 0.469 e. The molecule has 1 spiro atoms. The van der Waals surface area contributed by atoms with E-state index in [0.29, 0.717) is 17.8 Å². The number of aliphatic hydroxyl groups excluding tert-OH is 2.